The van der Waals surface area contributed by atoms with E-state index in [0.717, 1.165) is 17.7 Å². The number of hydrogen-bond acceptors (Lipinski definition) is 6. The van der Waals surface area contributed by atoms with Crippen molar-refractivity contribution in [2.75, 3.05) is 25.4 Å². The van der Waals surface area contributed by atoms with Gasteiger partial charge < -0.3 is 25.4 Å². The molecule has 5 rings (SSSR count). The molecule has 3 N–H and O–H groups in total. The van der Waals surface area contributed by atoms with Crippen LogP contribution in [0.4, 0.5) is 23.8 Å². The number of carbonyl (C=O) groups is 1. The van der Waals surface area contributed by atoms with Crippen LogP contribution in [-0.2, 0) is 16.9 Å². The summed E-state index contributed by atoms with van der Waals surface area (Å²) in [5, 5.41) is 7.69. The maximum absolute atomic E-state index is 13.1. The highest BCUT2D eigenvalue weighted by atomic mass is 19.4. The Morgan fingerprint density at radius 1 is 1.27 bits per heavy atom. The third-order valence-corrected chi connectivity index (χ3v) is 6.76. The molecule has 3 aromatic rings. The molecule has 2 unspecified atom stereocenters. The van der Waals surface area contributed by atoms with Crippen molar-refractivity contribution in [3.05, 3.63) is 59.9 Å². The lowest BCUT2D eigenvalue weighted by atomic mass is 9.96. The van der Waals surface area contributed by atoms with E-state index in [0.29, 0.717) is 43.9 Å². The fourth-order valence-corrected chi connectivity index (χ4v) is 4.93. The molecule has 1 fully saturated rings. The average molecular weight is 517 g/mol. The number of rotatable bonds is 5. The van der Waals surface area contributed by atoms with Crippen LogP contribution in [0.1, 0.15) is 37.1 Å². The number of anilines is 1. The second-order valence-corrected chi connectivity index (χ2v) is 9.13. The molecule has 2 aliphatic rings. The Balaban J connectivity index is 1.36. The molecule has 9 nitrogen and oxygen atoms in total. The van der Waals surface area contributed by atoms with E-state index in [-0.39, 0.29) is 17.9 Å². The predicted octanol–water partition coefficient (Wildman–Crippen LogP) is 4.22. The van der Waals surface area contributed by atoms with Gasteiger partial charge in [-0.3, -0.25) is 4.68 Å². The van der Waals surface area contributed by atoms with E-state index >= 15 is 0 Å². The van der Waals surface area contributed by atoms with Crippen LogP contribution in [-0.4, -0.2) is 51.8 Å². The Morgan fingerprint density at radius 3 is 2.78 bits per heavy atom. The third-order valence-electron chi connectivity index (χ3n) is 6.76. The number of aromatic nitrogens is 3. The number of fused-ring (bicyclic) bond motifs is 2. The zero-order chi connectivity index (χ0) is 26.2. The number of likely N-dealkylation sites (tertiary alicyclic amines) is 1. The Morgan fingerprint density at radius 2 is 2.05 bits per heavy atom. The van der Waals surface area contributed by atoms with Crippen molar-refractivity contribution in [2.24, 2.45) is 0 Å². The van der Waals surface area contributed by atoms with E-state index in [1.165, 1.54) is 12.3 Å². The van der Waals surface area contributed by atoms with Gasteiger partial charge in [0.2, 0.25) is 0 Å². The minimum atomic E-state index is -4.90. The van der Waals surface area contributed by atoms with Crippen molar-refractivity contribution >= 4 is 11.8 Å². The summed E-state index contributed by atoms with van der Waals surface area (Å²) in [6.07, 6.45) is -2.23. The van der Waals surface area contributed by atoms with Gasteiger partial charge in [-0.15, -0.1) is 13.2 Å². The van der Waals surface area contributed by atoms with Crippen LogP contribution in [0.5, 0.6) is 5.75 Å². The fourth-order valence-electron chi connectivity index (χ4n) is 4.93. The largest absolute Gasteiger partial charge is 0.573 e. The minimum absolute atomic E-state index is 0.110. The average Bonchev–Trinajstić information content (AvgIpc) is 3.50. The molecule has 2 aliphatic heterocycles. The number of ether oxygens (including phenoxy) is 2. The number of nitrogen functional groups attached to an aromatic ring is 1. The molecule has 0 radical (unpaired) electrons. The van der Waals surface area contributed by atoms with Gasteiger partial charge in [0.25, 0.3) is 0 Å². The summed E-state index contributed by atoms with van der Waals surface area (Å²) >= 11 is 0. The van der Waals surface area contributed by atoms with Gasteiger partial charge in [-0.05, 0) is 24.1 Å². The number of urea groups is 1. The highest BCUT2D eigenvalue weighted by molar-refractivity contribution is 5.75. The Labute approximate surface area is 211 Å². The summed E-state index contributed by atoms with van der Waals surface area (Å²) < 4.78 is 50.3. The van der Waals surface area contributed by atoms with Crippen LogP contribution in [0.3, 0.4) is 0 Å². The smallest absolute Gasteiger partial charge is 0.402 e. The van der Waals surface area contributed by atoms with Gasteiger partial charge >= 0.3 is 12.4 Å². The number of pyridine rings is 1. The van der Waals surface area contributed by atoms with Crippen molar-refractivity contribution in [1.29, 1.82) is 0 Å². The second kappa shape index (κ2) is 9.58. The number of carbonyl (C=O) groups excluding carboxylic acids is 1. The molecular formula is C25H27F3N6O3. The van der Waals surface area contributed by atoms with Gasteiger partial charge in [-0.2, -0.15) is 5.10 Å². The fraction of sp³-hybridized carbons (Fsp3) is 0.400. The first kappa shape index (κ1) is 24.9. The molecule has 4 heterocycles. The van der Waals surface area contributed by atoms with Crippen molar-refractivity contribution < 1.29 is 27.4 Å². The molecule has 37 heavy (non-hydrogen) atoms. The molecule has 2 amide bonds. The monoisotopic (exact) mass is 516 g/mol. The Bertz CT molecular complexity index is 1280. The van der Waals surface area contributed by atoms with Crippen LogP contribution < -0.4 is 15.8 Å². The van der Waals surface area contributed by atoms with E-state index in [9.17, 15) is 18.0 Å². The van der Waals surface area contributed by atoms with E-state index in [1.54, 1.807) is 15.6 Å². The van der Waals surface area contributed by atoms with Crippen LogP contribution in [0.25, 0.3) is 11.3 Å². The summed E-state index contributed by atoms with van der Waals surface area (Å²) in [5.74, 6) is -0.960. The van der Waals surface area contributed by atoms with Crippen molar-refractivity contribution in [3.63, 3.8) is 0 Å². The predicted molar refractivity (Wildman–Crippen MR) is 128 cm³/mol. The molecule has 0 saturated carbocycles. The number of benzene rings is 1. The van der Waals surface area contributed by atoms with E-state index < -0.39 is 17.7 Å². The number of hydrogen-bond donors (Lipinski definition) is 2. The molecule has 12 heteroatoms. The molecule has 1 spiro atoms. The summed E-state index contributed by atoms with van der Waals surface area (Å²) in [7, 11) is 0. The van der Waals surface area contributed by atoms with Gasteiger partial charge in [0, 0.05) is 24.7 Å². The van der Waals surface area contributed by atoms with Gasteiger partial charge in [0.15, 0.2) is 11.6 Å². The first-order valence-electron chi connectivity index (χ1n) is 12.0. The quantitative estimate of drug-likeness (QED) is 0.526. The zero-order valence-corrected chi connectivity index (χ0v) is 20.2. The second-order valence-electron chi connectivity index (χ2n) is 9.13. The number of amides is 2. The van der Waals surface area contributed by atoms with E-state index in [4.69, 9.17) is 10.5 Å². The normalized spacial score (nSPS) is 20.1. The maximum Gasteiger partial charge on any atom is 0.573 e. The van der Waals surface area contributed by atoms with Gasteiger partial charge in [0.05, 0.1) is 37.1 Å². The van der Waals surface area contributed by atoms with E-state index in [1.807, 2.05) is 37.3 Å². The van der Waals surface area contributed by atoms with Crippen LogP contribution >= 0.6 is 0 Å². The molecule has 2 aromatic heterocycles. The highest BCUT2D eigenvalue weighted by Gasteiger charge is 2.47. The number of alkyl halides is 3. The molecule has 2 atom stereocenters. The minimum Gasteiger partial charge on any atom is -0.402 e. The first-order valence-corrected chi connectivity index (χ1v) is 12.0. The first-order chi connectivity index (χ1) is 17.7. The molecule has 1 aromatic carbocycles. The number of nitrogens with two attached hydrogens (primary N) is 1. The molecule has 1 saturated heterocycles. The lowest BCUT2D eigenvalue weighted by Crippen LogP contribution is -2.45. The summed E-state index contributed by atoms with van der Waals surface area (Å²) in [4.78, 5) is 18.7. The summed E-state index contributed by atoms with van der Waals surface area (Å²) in [5.41, 5.74) is 7.34. The van der Waals surface area contributed by atoms with Crippen LogP contribution in [0.15, 0.2) is 48.7 Å². The van der Waals surface area contributed by atoms with Gasteiger partial charge in [-0.25, -0.2) is 9.78 Å². The lowest BCUT2D eigenvalue weighted by Gasteiger charge is -2.34. The molecule has 196 valence electrons. The molecular weight excluding hydrogens is 489 g/mol. The van der Waals surface area contributed by atoms with Crippen molar-refractivity contribution in [2.45, 2.75) is 44.3 Å². The molecule has 0 bridgehead atoms. The zero-order valence-electron chi connectivity index (χ0n) is 20.2. The molecule has 0 aliphatic carbocycles. The topological polar surface area (TPSA) is 108 Å². The summed E-state index contributed by atoms with van der Waals surface area (Å²) in [6, 6.07) is 12.4. The summed E-state index contributed by atoms with van der Waals surface area (Å²) in [6.45, 7) is 3.71. The van der Waals surface area contributed by atoms with Gasteiger partial charge in [-0.1, -0.05) is 37.3 Å². The maximum atomic E-state index is 13.1. The Kier molecular flexibility index (Phi) is 6.44. The van der Waals surface area contributed by atoms with Crippen molar-refractivity contribution in [3.8, 4) is 17.0 Å². The van der Waals surface area contributed by atoms with Crippen LogP contribution in [0.2, 0.25) is 0 Å². The highest BCUT2D eigenvalue weighted by Crippen LogP contribution is 2.40. The lowest BCUT2D eigenvalue weighted by molar-refractivity contribution is -0.274. The van der Waals surface area contributed by atoms with E-state index in [2.05, 4.69) is 20.1 Å². The standard InChI is InChI=1S/C25H27F3N6O3/c1-2-18(16-6-4-3-5-7-16)31-23(35)33-9-8-24(15-33)21-13-19(32-34(21)10-11-36-24)17-12-20(22(29)30-14-17)37-25(26,27)28/h3-7,12-14,18H,2,8-11,15H2,1H3,(H2,29,30)(H,31,35). The number of nitrogens with zero attached hydrogens (tertiary/aromatic N) is 4. The number of nitrogens with one attached hydrogen (secondary N) is 1. The third kappa shape index (κ3) is 5.06. The number of halogens is 3. The SMILES string of the molecule is CCC(NC(=O)N1CCC2(C1)OCCn1nc(-c3cnc(N)c(OC(F)(F)F)c3)cc12)c1ccccc1. The van der Waals surface area contributed by atoms with Crippen molar-refractivity contribution in [1.82, 2.24) is 25.0 Å². The Hall–Kier alpha value is -3.80. The van der Waals surface area contributed by atoms with Gasteiger partial charge in [0.1, 0.15) is 5.60 Å². The van der Waals surface area contributed by atoms with Crippen LogP contribution in [0, 0.1) is 0 Å².